The molecule has 2 heterocycles. The molecule has 0 fully saturated rings. The largest absolute Gasteiger partial charge is 0.333 e. The first kappa shape index (κ1) is 13.3. The van der Waals surface area contributed by atoms with E-state index in [-0.39, 0.29) is 5.91 Å². The maximum atomic E-state index is 12.0. The number of nitrogens with zero attached hydrogens (tertiary/aromatic N) is 2. The average molecular weight is 293 g/mol. The predicted octanol–water partition coefficient (Wildman–Crippen LogP) is 2.80. The highest BCUT2D eigenvalue weighted by molar-refractivity contribution is 7.07. The van der Waals surface area contributed by atoms with Crippen LogP contribution in [0.25, 0.3) is 10.9 Å². The third kappa shape index (κ3) is 2.76. The molecule has 3 aromatic rings. The lowest BCUT2D eigenvalue weighted by Crippen LogP contribution is -2.27. The predicted molar refractivity (Wildman–Crippen MR) is 82.9 cm³/mol. The molecule has 102 valence electrons. The van der Waals surface area contributed by atoms with Gasteiger partial charge in [-0.15, -0.1) is 17.8 Å². The van der Waals surface area contributed by atoms with Gasteiger partial charge in [-0.1, -0.05) is 18.1 Å². The number of nitrogens with one attached hydrogen (secondary N) is 1. The zero-order valence-corrected chi connectivity index (χ0v) is 11.8. The molecule has 0 aliphatic heterocycles. The van der Waals surface area contributed by atoms with Crippen LogP contribution in [0.2, 0.25) is 0 Å². The molecule has 1 amide bonds. The fourth-order valence-electron chi connectivity index (χ4n) is 2.02. The van der Waals surface area contributed by atoms with Crippen LogP contribution < -0.4 is 5.32 Å². The molecule has 2 aromatic heterocycles. The molecule has 5 heteroatoms. The normalized spacial score (nSPS) is 11.8. The summed E-state index contributed by atoms with van der Waals surface area (Å²) in [6.45, 7) is 0. The Balaban J connectivity index is 1.88. The molecule has 0 aliphatic rings. The molecule has 1 aromatic carbocycles. The first-order valence-electron chi connectivity index (χ1n) is 6.28. The molecule has 3 rings (SSSR count). The Morgan fingerprint density at radius 3 is 3.00 bits per heavy atom. The van der Waals surface area contributed by atoms with Gasteiger partial charge in [0.05, 0.1) is 11.0 Å². The van der Waals surface area contributed by atoms with E-state index in [0.717, 1.165) is 16.5 Å². The van der Waals surface area contributed by atoms with E-state index in [4.69, 9.17) is 6.42 Å². The Labute approximate surface area is 125 Å². The minimum atomic E-state index is -0.496. The Bertz CT molecular complexity index is 821. The summed E-state index contributed by atoms with van der Waals surface area (Å²) in [6, 6.07) is 9.04. The van der Waals surface area contributed by atoms with Crippen molar-refractivity contribution in [2.75, 3.05) is 0 Å². The number of benzene rings is 1. The SMILES string of the molecule is C#CC(NC(=O)c1cscn1)c1ccc2ncccc2c1. The van der Waals surface area contributed by atoms with Crippen LogP contribution in [-0.2, 0) is 0 Å². The molecule has 1 atom stereocenters. The maximum Gasteiger partial charge on any atom is 0.271 e. The number of hydrogen-bond acceptors (Lipinski definition) is 4. The number of pyridine rings is 1. The molecule has 21 heavy (non-hydrogen) atoms. The van der Waals surface area contributed by atoms with E-state index in [0.29, 0.717) is 5.69 Å². The third-order valence-corrected chi connectivity index (χ3v) is 3.65. The Hall–Kier alpha value is -2.71. The van der Waals surface area contributed by atoms with Gasteiger partial charge in [-0.3, -0.25) is 9.78 Å². The first-order chi connectivity index (χ1) is 10.3. The summed E-state index contributed by atoms with van der Waals surface area (Å²) >= 11 is 1.37. The summed E-state index contributed by atoms with van der Waals surface area (Å²) in [7, 11) is 0. The topological polar surface area (TPSA) is 54.9 Å². The summed E-state index contributed by atoms with van der Waals surface area (Å²) in [5.74, 6) is 2.33. The number of fused-ring (bicyclic) bond motifs is 1. The van der Waals surface area contributed by atoms with E-state index in [9.17, 15) is 4.79 Å². The molecular weight excluding hydrogens is 282 g/mol. The molecule has 0 bridgehead atoms. The van der Waals surface area contributed by atoms with E-state index in [2.05, 4.69) is 21.2 Å². The molecule has 0 radical (unpaired) electrons. The molecule has 0 saturated heterocycles. The van der Waals surface area contributed by atoms with E-state index in [1.54, 1.807) is 17.1 Å². The van der Waals surface area contributed by atoms with Gasteiger partial charge in [-0.2, -0.15) is 0 Å². The van der Waals surface area contributed by atoms with Gasteiger partial charge >= 0.3 is 0 Å². The molecule has 0 saturated carbocycles. The van der Waals surface area contributed by atoms with E-state index >= 15 is 0 Å². The second kappa shape index (κ2) is 5.73. The van der Waals surface area contributed by atoms with Crippen molar-refractivity contribution in [2.45, 2.75) is 6.04 Å². The quantitative estimate of drug-likeness (QED) is 0.755. The lowest BCUT2D eigenvalue weighted by molar-refractivity contribution is 0.0941. The fourth-order valence-corrected chi connectivity index (χ4v) is 2.56. The van der Waals surface area contributed by atoms with Crippen molar-refractivity contribution >= 4 is 28.1 Å². The highest BCUT2D eigenvalue weighted by Gasteiger charge is 2.15. The fraction of sp³-hybridized carbons (Fsp3) is 0.0625. The van der Waals surface area contributed by atoms with Gasteiger partial charge < -0.3 is 5.32 Å². The van der Waals surface area contributed by atoms with Gasteiger partial charge in [0.2, 0.25) is 0 Å². The molecule has 0 aliphatic carbocycles. The molecule has 0 spiro atoms. The van der Waals surface area contributed by atoms with Gasteiger partial charge in [0.25, 0.3) is 5.91 Å². The second-order valence-electron chi connectivity index (χ2n) is 4.40. The van der Waals surface area contributed by atoms with Gasteiger partial charge in [0, 0.05) is 17.0 Å². The highest BCUT2D eigenvalue weighted by Crippen LogP contribution is 2.19. The Kier molecular flexibility index (Phi) is 3.63. The van der Waals surface area contributed by atoms with Crippen LogP contribution in [0, 0.1) is 12.3 Å². The number of carbonyl (C=O) groups is 1. The smallest absolute Gasteiger partial charge is 0.271 e. The van der Waals surface area contributed by atoms with Crippen molar-refractivity contribution in [1.82, 2.24) is 15.3 Å². The van der Waals surface area contributed by atoms with Crippen molar-refractivity contribution < 1.29 is 4.79 Å². The van der Waals surface area contributed by atoms with Crippen LogP contribution in [0.5, 0.6) is 0 Å². The van der Waals surface area contributed by atoms with Crippen molar-refractivity contribution in [3.05, 3.63) is 58.7 Å². The van der Waals surface area contributed by atoms with Crippen molar-refractivity contribution in [3.63, 3.8) is 0 Å². The summed E-state index contributed by atoms with van der Waals surface area (Å²) in [5, 5.41) is 5.47. The lowest BCUT2D eigenvalue weighted by atomic mass is 10.0. The van der Waals surface area contributed by atoms with Gasteiger partial charge in [-0.25, -0.2) is 4.98 Å². The number of rotatable bonds is 3. The molecular formula is C16H11N3OS. The maximum absolute atomic E-state index is 12.0. The lowest BCUT2D eigenvalue weighted by Gasteiger charge is -2.13. The summed E-state index contributed by atoms with van der Waals surface area (Å²) in [6.07, 6.45) is 7.29. The second-order valence-corrected chi connectivity index (χ2v) is 5.12. The van der Waals surface area contributed by atoms with Crippen LogP contribution in [0.3, 0.4) is 0 Å². The van der Waals surface area contributed by atoms with Crippen molar-refractivity contribution in [1.29, 1.82) is 0 Å². The standard InChI is InChI=1S/C16H11N3OS/c1-2-13(19-16(20)15-9-21-10-18-15)12-5-6-14-11(8-12)4-3-7-17-14/h1,3-10,13H,(H,19,20). The number of amides is 1. The zero-order valence-electron chi connectivity index (χ0n) is 11.0. The monoisotopic (exact) mass is 293 g/mol. The average Bonchev–Trinajstić information content (AvgIpc) is 3.06. The summed E-state index contributed by atoms with van der Waals surface area (Å²) in [4.78, 5) is 20.3. The first-order valence-corrected chi connectivity index (χ1v) is 7.22. The van der Waals surface area contributed by atoms with Crippen molar-refractivity contribution in [3.8, 4) is 12.3 Å². The van der Waals surface area contributed by atoms with Crippen molar-refractivity contribution in [2.24, 2.45) is 0 Å². The molecule has 1 unspecified atom stereocenters. The third-order valence-electron chi connectivity index (χ3n) is 3.07. The van der Waals surface area contributed by atoms with Gasteiger partial charge in [0.1, 0.15) is 11.7 Å². The van der Waals surface area contributed by atoms with E-state index in [1.807, 2.05) is 30.3 Å². The molecule has 1 N–H and O–H groups in total. The number of terminal acetylenes is 1. The zero-order chi connectivity index (χ0) is 14.7. The Morgan fingerprint density at radius 1 is 1.33 bits per heavy atom. The number of aromatic nitrogens is 2. The summed E-state index contributed by atoms with van der Waals surface area (Å²) < 4.78 is 0. The Morgan fingerprint density at radius 2 is 2.24 bits per heavy atom. The number of carbonyl (C=O) groups excluding carboxylic acids is 1. The minimum Gasteiger partial charge on any atom is -0.333 e. The van der Waals surface area contributed by atoms with Gasteiger partial charge in [-0.05, 0) is 23.8 Å². The highest BCUT2D eigenvalue weighted by atomic mass is 32.1. The van der Waals surface area contributed by atoms with Crippen LogP contribution in [-0.4, -0.2) is 15.9 Å². The van der Waals surface area contributed by atoms with Crippen LogP contribution in [0.1, 0.15) is 22.1 Å². The van der Waals surface area contributed by atoms with E-state index < -0.39 is 6.04 Å². The number of thiazole rings is 1. The van der Waals surface area contributed by atoms with E-state index in [1.165, 1.54) is 11.3 Å². The number of hydrogen-bond donors (Lipinski definition) is 1. The van der Waals surface area contributed by atoms with Crippen LogP contribution in [0.4, 0.5) is 0 Å². The summed E-state index contributed by atoms with van der Waals surface area (Å²) in [5.41, 5.74) is 3.73. The van der Waals surface area contributed by atoms with Crippen LogP contribution in [0.15, 0.2) is 47.4 Å². The minimum absolute atomic E-state index is 0.273. The van der Waals surface area contributed by atoms with Crippen LogP contribution >= 0.6 is 11.3 Å². The van der Waals surface area contributed by atoms with Gasteiger partial charge in [0.15, 0.2) is 0 Å². The molecule has 4 nitrogen and oxygen atoms in total.